The number of aryl methyl sites for hydroxylation is 1. The van der Waals surface area contributed by atoms with Crippen LogP contribution < -0.4 is 9.64 Å². The maximum atomic E-state index is 13.0. The number of aromatic nitrogens is 2. The van der Waals surface area contributed by atoms with Crippen LogP contribution in [0.4, 0.5) is 5.69 Å². The Bertz CT molecular complexity index is 945. The molecule has 1 amide bonds. The normalized spacial score (nSPS) is 11.1. The molecule has 3 aromatic rings. The van der Waals surface area contributed by atoms with E-state index in [-0.39, 0.29) is 17.2 Å². The largest absolute Gasteiger partial charge is 0.507 e. The van der Waals surface area contributed by atoms with Gasteiger partial charge >= 0.3 is 0 Å². The van der Waals surface area contributed by atoms with Crippen molar-refractivity contribution in [1.29, 1.82) is 0 Å². The fourth-order valence-corrected chi connectivity index (χ4v) is 3.00. The molecule has 6 heteroatoms. The number of amides is 1. The van der Waals surface area contributed by atoms with E-state index in [4.69, 9.17) is 4.74 Å². The quantitative estimate of drug-likeness (QED) is 0.686. The van der Waals surface area contributed by atoms with Crippen molar-refractivity contribution in [3.63, 3.8) is 0 Å². The van der Waals surface area contributed by atoms with Crippen molar-refractivity contribution in [2.75, 3.05) is 19.1 Å². The first-order valence-corrected chi connectivity index (χ1v) is 9.02. The molecule has 0 atom stereocenters. The number of methoxy groups -OCH3 is 1. The number of anilines is 1. The van der Waals surface area contributed by atoms with Gasteiger partial charge < -0.3 is 14.7 Å². The van der Waals surface area contributed by atoms with Crippen LogP contribution in [0.15, 0.2) is 36.4 Å². The lowest BCUT2D eigenvalue weighted by molar-refractivity contribution is 0.0990. The van der Waals surface area contributed by atoms with Crippen LogP contribution in [0.2, 0.25) is 0 Å². The highest BCUT2D eigenvalue weighted by atomic mass is 16.5. The van der Waals surface area contributed by atoms with Crippen LogP contribution in [0, 0.1) is 5.92 Å². The molecule has 0 spiro atoms. The minimum atomic E-state index is -0.282. The second-order valence-corrected chi connectivity index (χ2v) is 7.08. The topological polar surface area (TPSA) is 78.5 Å². The van der Waals surface area contributed by atoms with E-state index in [0.29, 0.717) is 17.1 Å². The highest BCUT2D eigenvalue weighted by molar-refractivity contribution is 6.09. The summed E-state index contributed by atoms with van der Waals surface area (Å²) in [4.78, 5) is 14.5. The van der Waals surface area contributed by atoms with E-state index in [1.807, 2.05) is 0 Å². The van der Waals surface area contributed by atoms with Gasteiger partial charge in [0.05, 0.1) is 18.2 Å². The van der Waals surface area contributed by atoms with E-state index < -0.39 is 0 Å². The maximum absolute atomic E-state index is 13.0. The van der Waals surface area contributed by atoms with E-state index in [9.17, 15) is 9.90 Å². The van der Waals surface area contributed by atoms with Crippen LogP contribution in [0.3, 0.4) is 0 Å². The summed E-state index contributed by atoms with van der Waals surface area (Å²) >= 11 is 0. The number of H-pyrrole nitrogens is 1. The Labute approximate surface area is 158 Å². The third kappa shape index (κ3) is 3.89. The van der Waals surface area contributed by atoms with E-state index in [2.05, 4.69) is 24.0 Å². The van der Waals surface area contributed by atoms with Crippen molar-refractivity contribution in [3.8, 4) is 11.5 Å². The number of benzene rings is 2. The van der Waals surface area contributed by atoms with Gasteiger partial charge in [-0.2, -0.15) is 5.10 Å². The van der Waals surface area contributed by atoms with Gasteiger partial charge in [0.2, 0.25) is 0 Å². The Morgan fingerprint density at radius 3 is 2.59 bits per heavy atom. The van der Waals surface area contributed by atoms with Gasteiger partial charge in [-0.1, -0.05) is 13.8 Å². The number of phenolic OH excluding ortho intramolecular Hbond substituents is 1. The third-order valence-electron chi connectivity index (χ3n) is 4.72. The number of aromatic hydroxyl groups is 1. The van der Waals surface area contributed by atoms with Gasteiger partial charge in [-0.05, 0) is 49.1 Å². The predicted octanol–water partition coefficient (Wildman–Crippen LogP) is 4.14. The van der Waals surface area contributed by atoms with Gasteiger partial charge in [-0.25, -0.2) is 0 Å². The van der Waals surface area contributed by atoms with Crippen LogP contribution in [0.1, 0.15) is 36.3 Å². The lowest BCUT2D eigenvalue weighted by Crippen LogP contribution is -2.26. The summed E-state index contributed by atoms with van der Waals surface area (Å²) in [5.74, 6) is 0.935. The number of nitrogens with one attached hydrogen (secondary N) is 1. The average Bonchev–Trinajstić information content (AvgIpc) is 3.06. The molecule has 142 valence electrons. The Hall–Kier alpha value is -3.02. The van der Waals surface area contributed by atoms with Gasteiger partial charge in [0.15, 0.2) is 0 Å². The first-order valence-electron chi connectivity index (χ1n) is 9.02. The van der Waals surface area contributed by atoms with Crippen molar-refractivity contribution in [1.82, 2.24) is 10.2 Å². The molecule has 2 N–H and O–H groups in total. The molecule has 0 saturated heterocycles. The van der Waals surface area contributed by atoms with Crippen molar-refractivity contribution in [2.45, 2.75) is 26.7 Å². The fourth-order valence-electron chi connectivity index (χ4n) is 3.00. The van der Waals surface area contributed by atoms with Crippen molar-refractivity contribution < 1.29 is 14.6 Å². The zero-order valence-electron chi connectivity index (χ0n) is 16.1. The molecule has 3 rings (SSSR count). The molecule has 0 bridgehead atoms. The zero-order chi connectivity index (χ0) is 19.6. The number of carbonyl (C=O) groups excluding carboxylic acids is 1. The standard InChI is InChI=1S/C21H25N3O3/c1-13(2)5-10-18-16-11-17(20(25)12-19(16)23-22-18)21(26)24(3)14-6-8-15(27-4)9-7-14/h6-9,11-13,25H,5,10H2,1-4H3,(H,22,23). The van der Waals surface area contributed by atoms with Gasteiger partial charge in [0.25, 0.3) is 5.91 Å². The molecule has 0 unspecified atom stereocenters. The van der Waals surface area contributed by atoms with Gasteiger partial charge in [-0.15, -0.1) is 0 Å². The number of aromatic amines is 1. The summed E-state index contributed by atoms with van der Waals surface area (Å²) < 4.78 is 5.15. The number of carbonyl (C=O) groups is 1. The van der Waals surface area contributed by atoms with E-state index >= 15 is 0 Å². The molecule has 0 fully saturated rings. The summed E-state index contributed by atoms with van der Waals surface area (Å²) in [5.41, 5.74) is 2.62. The van der Waals surface area contributed by atoms with Crippen molar-refractivity contribution in [3.05, 3.63) is 47.7 Å². The number of nitrogens with zero attached hydrogens (tertiary/aromatic N) is 2. The molecule has 1 aromatic heterocycles. The van der Waals surface area contributed by atoms with E-state index in [1.54, 1.807) is 50.6 Å². The Balaban J connectivity index is 1.92. The average molecular weight is 367 g/mol. The molecule has 0 radical (unpaired) electrons. The summed E-state index contributed by atoms with van der Waals surface area (Å²) in [6, 6.07) is 10.5. The molecule has 0 saturated carbocycles. The number of fused-ring (bicyclic) bond motifs is 1. The molecular formula is C21H25N3O3. The highest BCUT2D eigenvalue weighted by Crippen LogP contribution is 2.29. The van der Waals surface area contributed by atoms with E-state index in [0.717, 1.165) is 29.7 Å². The molecule has 1 heterocycles. The second kappa shape index (κ2) is 7.70. The molecule has 0 aliphatic carbocycles. The van der Waals surface area contributed by atoms with Gasteiger partial charge in [0, 0.05) is 29.9 Å². The van der Waals surface area contributed by atoms with E-state index in [1.165, 1.54) is 4.90 Å². The molecule has 27 heavy (non-hydrogen) atoms. The monoisotopic (exact) mass is 367 g/mol. The SMILES string of the molecule is COc1ccc(N(C)C(=O)c2cc3c(CCC(C)C)[nH]nc3cc2O)cc1. The molecule has 0 aliphatic heterocycles. The third-order valence-corrected chi connectivity index (χ3v) is 4.72. The summed E-state index contributed by atoms with van der Waals surface area (Å²) in [5, 5.41) is 18.5. The van der Waals surface area contributed by atoms with Crippen LogP contribution in [0.25, 0.3) is 10.9 Å². The lowest BCUT2D eigenvalue weighted by Gasteiger charge is -2.18. The number of phenols is 1. The molecule has 0 aliphatic rings. The van der Waals surface area contributed by atoms with Gasteiger partial charge in [0.1, 0.15) is 11.5 Å². The predicted molar refractivity (Wildman–Crippen MR) is 107 cm³/mol. The Kier molecular flexibility index (Phi) is 5.35. The number of hydrogen-bond donors (Lipinski definition) is 2. The van der Waals surface area contributed by atoms with Crippen LogP contribution in [-0.4, -0.2) is 35.4 Å². The summed E-state index contributed by atoms with van der Waals surface area (Å²) in [6.07, 6.45) is 1.87. The zero-order valence-corrected chi connectivity index (χ0v) is 16.1. The number of hydrogen-bond acceptors (Lipinski definition) is 4. The molecule has 2 aromatic carbocycles. The van der Waals surface area contributed by atoms with Gasteiger partial charge in [-0.3, -0.25) is 9.89 Å². The summed E-state index contributed by atoms with van der Waals surface area (Å²) in [7, 11) is 3.28. The Morgan fingerprint density at radius 1 is 1.26 bits per heavy atom. The first-order chi connectivity index (χ1) is 12.9. The smallest absolute Gasteiger partial charge is 0.261 e. The molecular weight excluding hydrogens is 342 g/mol. The van der Waals surface area contributed by atoms with Crippen molar-refractivity contribution >= 4 is 22.5 Å². The maximum Gasteiger partial charge on any atom is 0.261 e. The fraction of sp³-hybridized carbons (Fsp3) is 0.333. The number of rotatable bonds is 6. The van der Waals surface area contributed by atoms with Crippen molar-refractivity contribution in [2.24, 2.45) is 5.92 Å². The highest BCUT2D eigenvalue weighted by Gasteiger charge is 2.20. The minimum Gasteiger partial charge on any atom is -0.507 e. The van der Waals surface area contributed by atoms with Crippen LogP contribution >= 0.6 is 0 Å². The Morgan fingerprint density at radius 2 is 1.96 bits per heavy atom. The first kappa shape index (κ1) is 18.8. The van der Waals surface area contributed by atoms with Crippen LogP contribution in [-0.2, 0) is 6.42 Å². The second-order valence-electron chi connectivity index (χ2n) is 7.08. The molecule has 6 nitrogen and oxygen atoms in total. The minimum absolute atomic E-state index is 0.0743. The van der Waals surface area contributed by atoms with Crippen LogP contribution in [0.5, 0.6) is 11.5 Å². The lowest BCUT2D eigenvalue weighted by atomic mass is 10.0. The summed E-state index contributed by atoms with van der Waals surface area (Å²) in [6.45, 7) is 4.34. The number of ether oxygens (including phenoxy) is 1.